The van der Waals surface area contributed by atoms with Gasteiger partial charge in [0.1, 0.15) is 6.29 Å². The van der Waals surface area contributed by atoms with Gasteiger partial charge in [0, 0.05) is 26.2 Å². The molecule has 2 saturated heterocycles. The zero-order chi connectivity index (χ0) is 11.8. The molecule has 2 aliphatic heterocycles. The van der Waals surface area contributed by atoms with Crippen molar-refractivity contribution in [2.45, 2.75) is 18.9 Å². The van der Waals surface area contributed by atoms with Crippen LogP contribution in [-0.4, -0.2) is 59.6 Å². The number of nitrogens with zero attached hydrogens (tertiary/aromatic N) is 2. The highest BCUT2D eigenvalue weighted by Crippen LogP contribution is 2.42. The van der Waals surface area contributed by atoms with Crippen LogP contribution < -0.4 is 5.73 Å². The summed E-state index contributed by atoms with van der Waals surface area (Å²) in [6.45, 7) is 1.82. The van der Waals surface area contributed by atoms with Gasteiger partial charge in [0.15, 0.2) is 0 Å². The molecular weight excluding hydrogens is 210 g/mol. The largest absolute Gasteiger partial charge is 0.330 e. The molecule has 90 valence electrons. The number of piperidine rings is 1. The Morgan fingerprint density at radius 2 is 2.12 bits per heavy atom. The van der Waals surface area contributed by atoms with Gasteiger partial charge in [-0.05, 0) is 12.8 Å². The predicted molar refractivity (Wildman–Crippen MR) is 55.6 cm³/mol. The van der Waals surface area contributed by atoms with Crippen molar-refractivity contribution in [2.75, 3.05) is 26.2 Å². The monoisotopic (exact) mass is 227 g/mol. The van der Waals surface area contributed by atoms with Crippen LogP contribution in [-0.2, 0) is 9.59 Å². The van der Waals surface area contributed by atoms with E-state index in [1.807, 2.05) is 0 Å². The summed E-state index contributed by atoms with van der Waals surface area (Å²) in [6.07, 6.45) is 2.05. The van der Waals surface area contributed by atoms with Gasteiger partial charge in [0.05, 0.1) is 11.5 Å². The van der Waals surface area contributed by atoms with Crippen molar-refractivity contribution in [1.82, 2.24) is 9.96 Å². The van der Waals surface area contributed by atoms with E-state index in [1.54, 1.807) is 4.90 Å². The van der Waals surface area contributed by atoms with Crippen LogP contribution in [0.15, 0.2) is 0 Å². The van der Waals surface area contributed by atoms with Gasteiger partial charge in [-0.15, -0.1) is 0 Å². The first-order valence-electron chi connectivity index (χ1n) is 5.53. The summed E-state index contributed by atoms with van der Waals surface area (Å²) >= 11 is 0. The van der Waals surface area contributed by atoms with E-state index in [-0.39, 0.29) is 17.9 Å². The van der Waals surface area contributed by atoms with E-state index in [2.05, 4.69) is 0 Å². The highest BCUT2D eigenvalue weighted by molar-refractivity contribution is 5.91. The number of rotatable bonds is 3. The topological polar surface area (TPSA) is 86.9 Å². The molecule has 2 aliphatic rings. The molecule has 0 bridgehead atoms. The minimum Gasteiger partial charge on any atom is -0.330 e. The van der Waals surface area contributed by atoms with Crippen molar-refractivity contribution < 1.29 is 14.8 Å². The number of carbonyl (C=O) groups excluding carboxylic acids is 2. The Kier molecular flexibility index (Phi) is 2.96. The number of hydroxylamine groups is 2. The highest BCUT2D eigenvalue weighted by Gasteiger charge is 2.54. The maximum atomic E-state index is 12.0. The molecule has 0 aromatic rings. The van der Waals surface area contributed by atoms with E-state index in [0.29, 0.717) is 32.5 Å². The summed E-state index contributed by atoms with van der Waals surface area (Å²) in [6, 6.07) is -0.481. The van der Waals surface area contributed by atoms with E-state index in [0.717, 1.165) is 6.29 Å². The number of nitrogens with two attached hydrogens (primary N) is 1. The fourth-order valence-corrected chi connectivity index (χ4v) is 2.50. The third-order valence-electron chi connectivity index (χ3n) is 3.68. The number of amides is 1. The normalized spacial score (nSPS) is 26.6. The van der Waals surface area contributed by atoms with Gasteiger partial charge in [0.25, 0.3) is 0 Å². The van der Waals surface area contributed by atoms with Crippen LogP contribution in [0.5, 0.6) is 0 Å². The van der Waals surface area contributed by atoms with Crippen molar-refractivity contribution >= 4 is 12.2 Å². The summed E-state index contributed by atoms with van der Waals surface area (Å²) in [5, 5.41) is 10.5. The van der Waals surface area contributed by atoms with E-state index in [4.69, 9.17) is 5.73 Å². The van der Waals surface area contributed by atoms with Crippen LogP contribution in [0, 0.1) is 5.41 Å². The van der Waals surface area contributed by atoms with Crippen molar-refractivity contribution in [1.29, 1.82) is 0 Å². The fourth-order valence-electron chi connectivity index (χ4n) is 2.50. The van der Waals surface area contributed by atoms with Gasteiger partial charge < -0.3 is 20.6 Å². The molecule has 0 aromatic heterocycles. The van der Waals surface area contributed by atoms with Gasteiger partial charge in [-0.25, -0.2) is 0 Å². The van der Waals surface area contributed by atoms with Crippen molar-refractivity contribution in [3.05, 3.63) is 0 Å². The fraction of sp³-hybridized carbons (Fsp3) is 0.800. The van der Waals surface area contributed by atoms with Crippen LogP contribution in [0.4, 0.5) is 0 Å². The number of hydrogen-bond acceptors (Lipinski definition) is 5. The van der Waals surface area contributed by atoms with Crippen LogP contribution in [0.1, 0.15) is 12.8 Å². The summed E-state index contributed by atoms with van der Waals surface area (Å²) in [7, 11) is 0. The maximum absolute atomic E-state index is 12.0. The van der Waals surface area contributed by atoms with Crippen LogP contribution in [0.25, 0.3) is 0 Å². The molecule has 2 fully saturated rings. The quantitative estimate of drug-likeness (QED) is 0.468. The molecule has 2 rings (SSSR count). The first kappa shape index (κ1) is 11.5. The second kappa shape index (κ2) is 4.12. The van der Waals surface area contributed by atoms with E-state index in [1.165, 1.54) is 5.06 Å². The summed E-state index contributed by atoms with van der Waals surface area (Å²) in [5.41, 5.74) is 5.08. The lowest BCUT2D eigenvalue weighted by Crippen LogP contribution is -2.68. The van der Waals surface area contributed by atoms with E-state index < -0.39 is 6.04 Å². The van der Waals surface area contributed by atoms with E-state index >= 15 is 0 Å². The summed E-state index contributed by atoms with van der Waals surface area (Å²) in [4.78, 5) is 24.3. The number of aldehydes is 1. The molecule has 1 atom stereocenters. The molecule has 6 nitrogen and oxygen atoms in total. The molecule has 16 heavy (non-hydrogen) atoms. The van der Waals surface area contributed by atoms with Crippen molar-refractivity contribution in [2.24, 2.45) is 11.1 Å². The second-order valence-corrected chi connectivity index (χ2v) is 4.61. The molecule has 0 aliphatic carbocycles. The first-order valence-corrected chi connectivity index (χ1v) is 5.53. The van der Waals surface area contributed by atoms with Gasteiger partial charge in [-0.1, -0.05) is 0 Å². The van der Waals surface area contributed by atoms with Crippen LogP contribution in [0.2, 0.25) is 0 Å². The number of carbonyl (C=O) groups is 2. The zero-order valence-corrected chi connectivity index (χ0v) is 9.13. The number of likely N-dealkylation sites (tertiary alicyclic amines) is 1. The molecule has 1 amide bonds. The minimum absolute atomic E-state index is 0.0168. The highest BCUT2D eigenvalue weighted by atomic mass is 16.5. The molecule has 0 radical (unpaired) electrons. The third-order valence-corrected chi connectivity index (χ3v) is 3.68. The van der Waals surface area contributed by atoms with Crippen molar-refractivity contribution in [3.63, 3.8) is 0 Å². The van der Waals surface area contributed by atoms with Crippen molar-refractivity contribution in [3.8, 4) is 0 Å². The Morgan fingerprint density at radius 1 is 1.50 bits per heavy atom. The van der Waals surface area contributed by atoms with Gasteiger partial charge >= 0.3 is 0 Å². The molecular formula is C10H17N3O3. The van der Waals surface area contributed by atoms with Gasteiger partial charge in [0.2, 0.25) is 5.91 Å². The van der Waals surface area contributed by atoms with Gasteiger partial charge in [-0.2, -0.15) is 5.06 Å². The van der Waals surface area contributed by atoms with Gasteiger partial charge in [-0.3, -0.25) is 4.79 Å². The molecule has 2 heterocycles. The minimum atomic E-state index is -0.481. The Labute approximate surface area is 93.9 Å². The number of β-lactam (4-membered cyclic amide) rings is 1. The second-order valence-electron chi connectivity index (χ2n) is 4.61. The third kappa shape index (κ3) is 1.63. The Balaban J connectivity index is 1.98. The SMILES string of the molecule is NCC(C=O)N1CC2(CCN(O)CC2)C1=O. The average Bonchev–Trinajstić information content (AvgIpc) is 2.31. The molecule has 1 spiro atoms. The maximum Gasteiger partial charge on any atom is 0.231 e. The Morgan fingerprint density at radius 3 is 2.56 bits per heavy atom. The standard InChI is InChI=1S/C10H17N3O3/c11-5-8(6-14)13-7-10(9(13)15)1-3-12(16)4-2-10/h6,8,16H,1-5,7,11H2. The average molecular weight is 227 g/mol. The molecule has 3 N–H and O–H groups in total. The molecule has 6 heteroatoms. The Bertz CT molecular complexity index is 300. The van der Waals surface area contributed by atoms with Crippen LogP contribution in [0.3, 0.4) is 0 Å². The number of hydrogen-bond donors (Lipinski definition) is 2. The predicted octanol–water partition coefficient (Wildman–Crippen LogP) is -1.17. The van der Waals surface area contributed by atoms with Crippen LogP contribution >= 0.6 is 0 Å². The smallest absolute Gasteiger partial charge is 0.231 e. The first-order chi connectivity index (χ1) is 7.63. The molecule has 0 saturated carbocycles. The lowest BCUT2D eigenvalue weighted by Gasteiger charge is -2.53. The lowest BCUT2D eigenvalue weighted by molar-refractivity contribution is -0.184. The summed E-state index contributed by atoms with van der Waals surface area (Å²) in [5.74, 6) is 0.0168. The lowest BCUT2D eigenvalue weighted by atomic mass is 9.70. The summed E-state index contributed by atoms with van der Waals surface area (Å²) < 4.78 is 0. The molecule has 1 unspecified atom stereocenters. The zero-order valence-electron chi connectivity index (χ0n) is 9.13. The molecule has 0 aromatic carbocycles. The Hall–Kier alpha value is -0.980. The van der Waals surface area contributed by atoms with E-state index in [9.17, 15) is 14.8 Å².